The molecule has 18 heavy (non-hydrogen) atoms. The molecule has 1 aliphatic heterocycles. The van der Waals surface area contributed by atoms with E-state index in [4.69, 9.17) is 5.73 Å². The van der Waals surface area contributed by atoms with Gasteiger partial charge in [-0.05, 0) is 31.8 Å². The van der Waals surface area contributed by atoms with Gasteiger partial charge < -0.3 is 15.2 Å². The Kier molecular flexibility index (Phi) is 4.78. The predicted octanol–water partition coefficient (Wildman–Crippen LogP) is 2.02. The molecule has 1 aromatic rings. The van der Waals surface area contributed by atoms with Crippen molar-refractivity contribution in [3.8, 4) is 0 Å². The van der Waals surface area contributed by atoms with Crippen LogP contribution in [0.3, 0.4) is 0 Å². The molecular formula is C14H26N4. The maximum absolute atomic E-state index is 6.22. The predicted molar refractivity (Wildman–Crippen MR) is 74.3 cm³/mol. The van der Waals surface area contributed by atoms with Crippen molar-refractivity contribution in [3.63, 3.8) is 0 Å². The second-order valence-corrected chi connectivity index (χ2v) is 5.68. The molecule has 2 N–H and O–H groups in total. The average molecular weight is 250 g/mol. The molecule has 0 bridgehead atoms. The fourth-order valence-electron chi connectivity index (χ4n) is 2.57. The lowest BCUT2D eigenvalue weighted by Crippen LogP contribution is -2.33. The molecule has 0 aliphatic carbocycles. The lowest BCUT2D eigenvalue weighted by molar-refractivity contribution is 0.219. The molecule has 1 unspecified atom stereocenters. The number of piperidine rings is 1. The van der Waals surface area contributed by atoms with Crippen LogP contribution in [0.2, 0.25) is 0 Å². The van der Waals surface area contributed by atoms with Gasteiger partial charge in [-0.2, -0.15) is 0 Å². The Bertz CT molecular complexity index is 352. The summed E-state index contributed by atoms with van der Waals surface area (Å²) in [6, 6.07) is 0.0915. The van der Waals surface area contributed by atoms with Gasteiger partial charge in [-0.15, -0.1) is 0 Å². The van der Waals surface area contributed by atoms with Gasteiger partial charge in [0.15, 0.2) is 0 Å². The van der Waals surface area contributed by atoms with Crippen molar-refractivity contribution < 1.29 is 0 Å². The number of nitrogens with two attached hydrogens (primary N) is 1. The number of nitrogens with zero attached hydrogens (tertiary/aromatic N) is 3. The average Bonchev–Trinajstić information content (AvgIpc) is 2.84. The highest BCUT2D eigenvalue weighted by atomic mass is 15.2. The van der Waals surface area contributed by atoms with Crippen molar-refractivity contribution in [3.05, 3.63) is 18.2 Å². The van der Waals surface area contributed by atoms with Crippen molar-refractivity contribution in [1.29, 1.82) is 0 Å². The number of rotatable bonds is 5. The Balaban J connectivity index is 1.91. The van der Waals surface area contributed by atoms with Gasteiger partial charge in [0, 0.05) is 25.3 Å². The van der Waals surface area contributed by atoms with Gasteiger partial charge in [-0.3, -0.25) is 0 Å². The molecule has 4 heteroatoms. The Morgan fingerprint density at radius 3 is 2.61 bits per heavy atom. The summed E-state index contributed by atoms with van der Waals surface area (Å²) in [7, 11) is 0. The molecule has 0 amide bonds. The summed E-state index contributed by atoms with van der Waals surface area (Å²) in [5.74, 6) is 0.454. The monoisotopic (exact) mass is 250 g/mol. The lowest BCUT2D eigenvalue weighted by atomic mass is 10.0. The lowest BCUT2D eigenvalue weighted by Gasteiger charge is -2.27. The van der Waals surface area contributed by atoms with E-state index in [-0.39, 0.29) is 6.04 Å². The largest absolute Gasteiger partial charge is 0.332 e. The molecule has 0 saturated carbocycles. The SMILES string of the molecule is CC(C)C(N)c1cncn1CCN1CCCCC1. The van der Waals surface area contributed by atoms with Crippen LogP contribution in [0.25, 0.3) is 0 Å². The standard InChI is InChI=1S/C14H26N4/c1-12(2)14(15)13-10-16-11-18(13)9-8-17-6-4-3-5-7-17/h10-12,14H,3-9,15H2,1-2H3. The van der Waals surface area contributed by atoms with E-state index in [0.717, 1.165) is 13.1 Å². The van der Waals surface area contributed by atoms with E-state index in [1.54, 1.807) is 0 Å². The minimum atomic E-state index is 0.0915. The maximum atomic E-state index is 6.22. The van der Waals surface area contributed by atoms with Crippen LogP contribution < -0.4 is 5.73 Å². The van der Waals surface area contributed by atoms with Crippen LogP contribution in [0.1, 0.15) is 44.8 Å². The van der Waals surface area contributed by atoms with Crippen LogP contribution in [-0.2, 0) is 6.54 Å². The van der Waals surface area contributed by atoms with Gasteiger partial charge in [0.25, 0.3) is 0 Å². The van der Waals surface area contributed by atoms with Gasteiger partial charge in [0.2, 0.25) is 0 Å². The molecule has 1 aliphatic rings. The normalized spacial score (nSPS) is 19.3. The molecule has 102 valence electrons. The second-order valence-electron chi connectivity index (χ2n) is 5.68. The first-order valence-electron chi connectivity index (χ1n) is 7.16. The van der Waals surface area contributed by atoms with Crippen molar-refractivity contribution in [1.82, 2.24) is 14.5 Å². The van der Waals surface area contributed by atoms with Crippen LogP contribution >= 0.6 is 0 Å². The molecular weight excluding hydrogens is 224 g/mol. The van der Waals surface area contributed by atoms with E-state index in [1.165, 1.54) is 38.0 Å². The van der Waals surface area contributed by atoms with E-state index in [1.807, 2.05) is 12.5 Å². The number of hydrogen-bond donors (Lipinski definition) is 1. The summed E-state index contributed by atoms with van der Waals surface area (Å²) in [6.45, 7) is 8.95. The second kappa shape index (κ2) is 6.34. The molecule has 0 radical (unpaired) electrons. The van der Waals surface area contributed by atoms with Gasteiger partial charge in [0.05, 0.1) is 12.0 Å². The zero-order valence-corrected chi connectivity index (χ0v) is 11.7. The zero-order valence-electron chi connectivity index (χ0n) is 11.7. The third-order valence-corrected chi connectivity index (χ3v) is 3.91. The highest BCUT2D eigenvalue weighted by molar-refractivity contribution is 5.05. The molecule has 1 saturated heterocycles. The summed E-state index contributed by atoms with van der Waals surface area (Å²) < 4.78 is 2.22. The van der Waals surface area contributed by atoms with Crippen LogP contribution in [0.4, 0.5) is 0 Å². The first kappa shape index (κ1) is 13.6. The summed E-state index contributed by atoms with van der Waals surface area (Å²) >= 11 is 0. The highest BCUT2D eigenvalue weighted by Crippen LogP contribution is 2.18. The quantitative estimate of drug-likeness (QED) is 0.869. The minimum Gasteiger partial charge on any atom is -0.332 e. The Morgan fingerprint density at radius 2 is 1.94 bits per heavy atom. The van der Waals surface area contributed by atoms with Crippen molar-refractivity contribution in [2.24, 2.45) is 11.7 Å². The zero-order chi connectivity index (χ0) is 13.0. The van der Waals surface area contributed by atoms with E-state index in [9.17, 15) is 0 Å². The Hall–Kier alpha value is -0.870. The van der Waals surface area contributed by atoms with E-state index >= 15 is 0 Å². The van der Waals surface area contributed by atoms with Crippen LogP contribution in [0, 0.1) is 5.92 Å². The van der Waals surface area contributed by atoms with Gasteiger partial charge in [0.1, 0.15) is 0 Å². The fraction of sp³-hybridized carbons (Fsp3) is 0.786. The molecule has 4 nitrogen and oxygen atoms in total. The van der Waals surface area contributed by atoms with E-state index in [0.29, 0.717) is 5.92 Å². The summed E-state index contributed by atoms with van der Waals surface area (Å²) in [4.78, 5) is 6.80. The van der Waals surface area contributed by atoms with Crippen molar-refractivity contribution in [2.45, 2.75) is 45.7 Å². The molecule has 2 heterocycles. The maximum Gasteiger partial charge on any atom is 0.0949 e. The Morgan fingerprint density at radius 1 is 1.22 bits per heavy atom. The molecule has 0 aromatic carbocycles. The minimum absolute atomic E-state index is 0.0915. The third kappa shape index (κ3) is 3.33. The Labute approximate surface area is 110 Å². The van der Waals surface area contributed by atoms with Crippen LogP contribution in [0.15, 0.2) is 12.5 Å². The molecule has 0 spiro atoms. The number of likely N-dealkylation sites (tertiary alicyclic amines) is 1. The third-order valence-electron chi connectivity index (χ3n) is 3.91. The van der Waals surface area contributed by atoms with E-state index < -0.39 is 0 Å². The van der Waals surface area contributed by atoms with Gasteiger partial charge in [-0.25, -0.2) is 4.98 Å². The fourth-order valence-corrected chi connectivity index (χ4v) is 2.57. The van der Waals surface area contributed by atoms with Crippen LogP contribution in [0.5, 0.6) is 0 Å². The molecule has 2 rings (SSSR count). The number of hydrogen-bond acceptors (Lipinski definition) is 3. The van der Waals surface area contributed by atoms with Gasteiger partial charge in [-0.1, -0.05) is 20.3 Å². The number of imidazole rings is 1. The molecule has 1 aromatic heterocycles. The molecule has 1 atom stereocenters. The first-order chi connectivity index (χ1) is 8.68. The van der Waals surface area contributed by atoms with Crippen molar-refractivity contribution in [2.75, 3.05) is 19.6 Å². The smallest absolute Gasteiger partial charge is 0.0949 e. The van der Waals surface area contributed by atoms with Crippen molar-refractivity contribution >= 4 is 0 Å². The first-order valence-corrected chi connectivity index (χ1v) is 7.16. The molecule has 1 fully saturated rings. The van der Waals surface area contributed by atoms with Gasteiger partial charge >= 0.3 is 0 Å². The summed E-state index contributed by atoms with van der Waals surface area (Å²) in [6.07, 6.45) is 7.93. The highest BCUT2D eigenvalue weighted by Gasteiger charge is 2.16. The summed E-state index contributed by atoms with van der Waals surface area (Å²) in [5.41, 5.74) is 7.39. The number of aromatic nitrogens is 2. The summed E-state index contributed by atoms with van der Waals surface area (Å²) in [5, 5.41) is 0. The topological polar surface area (TPSA) is 47.1 Å². The van der Waals surface area contributed by atoms with E-state index in [2.05, 4.69) is 28.3 Å². The van der Waals surface area contributed by atoms with Crippen LogP contribution in [-0.4, -0.2) is 34.1 Å².